The minimum atomic E-state index is -1.39. The number of pyridine rings is 1. The van der Waals surface area contributed by atoms with Crippen molar-refractivity contribution in [2.24, 2.45) is 0 Å². The molecule has 2 heterocycles. The summed E-state index contributed by atoms with van der Waals surface area (Å²) >= 11 is 0. The second-order valence-corrected chi connectivity index (χ2v) is 6.47. The lowest BCUT2D eigenvalue weighted by atomic mass is 9.90. The van der Waals surface area contributed by atoms with Crippen molar-refractivity contribution in [2.75, 3.05) is 13.1 Å². The van der Waals surface area contributed by atoms with Crippen LogP contribution >= 0.6 is 0 Å². The normalized spacial score (nSPS) is 17.2. The number of piperidine rings is 1. The van der Waals surface area contributed by atoms with Crippen LogP contribution in [0.15, 0.2) is 42.7 Å². The molecule has 132 valence electrons. The second-order valence-electron chi connectivity index (χ2n) is 6.47. The number of nitrogens with zero attached hydrogens (tertiary/aromatic N) is 2. The van der Waals surface area contributed by atoms with Gasteiger partial charge in [0, 0.05) is 44.9 Å². The predicted octanol–water partition coefficient (Wildman–Crippen LogP) is 3.03. The highest BCUT2D eigenvalue weighted by Gasteiger charge is 2.44. The Morgan fingerprint density at radius 1 is 1.36 bits per heavy atom. The molecule has 0 aliphatic carbocycles. The number of aliphatic carboxylic acids is 1. The van der Waals surface area contributed by atoms with E-state index in [4.69, 9.17) is 4.74 Å². The van der Waals surface area contributed by atoms with Crippen LogP contribution < -0.4 is 4.74 Å². The summed E-state index contributed by atoms with van der Waals surface area (Å²) in [5.74, 6) is -1.58. The third kappa shape index (κ3) is 3.96. The number of rotatable bonds is 5. The zero-order valence-electron chi connectivity index (χ0n) is 14.1. The lowest BCUT2D eigenvalue weighted by molar-refractivity contribution is -0.160. The van der Waals surface area contributed by atoms with Gasteiger partial charge in [-0.25, -0.2) is 9.18 Å². The van der Waals surface area contributed by atoms with E-state index in [1.807, 2.05) is 19.1 Å². The SMILES string of the molecule is Cc1ccc(F)c(OC2(C(=O)O)CCN(Cc3cccnc3)CC2)c1. The summed E-state index contributed by atoms with van der Waals surface area (Å²) in [6.45, 7) is 3.65. The van der Waals surface area contributed by atoms with Crippen molar-refractivity contribution in [3.63, 3.8) is 0 Å². The molecule has 1 aromatic heterocycles. The van der Waals surface area contributed by atoms with Crippen molar-refractivity contribution in [3.05, 3.63) is 59.7 Å². The van der Waals surface area contributed by atoms with Gasteiger partial charge in [-0.2, -0.15) is 0 Å². The van der Waals surface area contributed by atoms with Crippen LogP contribution in [-0.2, 0) is 11.3 Å². The zero-order chi connectivity index (χ0) is 17.9. The Kier molecular flexibility index (Phi) is 4.99. The molecule has 0 atom stereocenters. The number of carboxylic acids is 1. The molecule has 1 aliphatic rings. The van der Waals surface area contributed by atoms with Gasteiger partial charge in [0.25, 0.3) is 0 Å². The molecule has 3 rings (SSSR count). The van der Waals surface area contributed by atoms with Crippen LogP contribution in [-0.4, -0.2) is 39.7 Å². The van der Waals surface area contributed by atoms with E-state index in [2.05, 4.69) is 9.88 Å². The number of benzene rings is 1. The molecular weight excluding hydrogens is 323 g/mol. The summed E-state index contributed by atoms with van der Waals surface area (Å²) in [4.78, 5) is 18.1. The lowest BCUT2D eigenvalue weighted by Gasteiger charge is -2.38. The molecule has 0 amide bonds. The smallest absolute Gasteiger partial charge is 0.348 e. The van der Waals surface area contributed by atoms with Crippen LogP contribution in [0.25, 0.3) is 0 Å². The summed E-state index contributed by atoms with van der Waals surface area (Å²) in [6.07, 6.45) is 4.13. The fourth-order valence-corrected chi connectivity index (χ4v) is 3.08. The highest BCUT2D eigenvalue weighted by Crippen LogP contribution is 2.31. The highest BCUT2D eigenvalue weighted by atomic mass is 19.1. The molecular formula is C19H21FN2O3. The minimum Gasteiger partial charge on any atom is -0.478 e. The molecule has 0 unspecified atom stereocenters. The van der Waals surface area contributed by atoms with Crippen molar-refractivity contribution in [1.29, 1.82) is 0 Å². The van der Waals surface area contributed by atoms with E-state index in [1.54, 1.807) is 24.5 Å². The Morgan fingerprint density at radius 2 is 2.12 bits per heavy atom. The van der Waals surface area contributed by atoms with Gasteiger partial charge in [-0.15, -0.1) is 0 Å². The van der Waals surface area contributed by atoms with Gasteiger partial charge in [-0.1, -0.05) is 12.1 Å². The Bertz CT molecular complexity index is 744. The maximum absolute atomic E-state index is 14.0. The number of hydrogen-bond acceptors (Lipinski definition) is 4. The molecule has 0 radical (unpaired) electrons. The molecule has 6 heteroatoms. The fourth-order valence-electron chi connectivity index (χ4n) is 3.08. The summed E-state index contributed by atoms with van der Waals surface area (Å²) in [7, 11) is 0. The average molecular weight is 344 g/mol. The van der Waals surface area contributed by atoms with Crippen molar-refractivity contribution < 1.29 is 19.0 Å². The molecule has 1 saturated heterocycles. The van der Waals surface area contributed by atoms with Gasteiger partial charge in [-0.3, -0.25) is 9.88 Å². The van der Waals surface area contributed by atoms with Gasteiger partial charge in [0.05, 0.1) is 0 Å². The van der Waals surface area contributed by atoms with E-state index in [0.29, 0.717) is 32.5 Å². The molecule has 1 aromatic carbocycles. The Hall–Kier alpha value is -2.47. The maximum atomic E-state index is 14.0. The van der Waals surface area contributed by atoms with Crippen LogP contribution in [0.3, 0.4) is 0 Å². The molecule has 1 aliphatic heterocycles. The number of aryl methyl sites for hydroxylation is 1. The standard InChI is InChI=1S/C19H21FN2O3/c1-14-4-5-16(20)17(11-14)25-19(18(23)24)6-9-22(10-7-19)13-15-3-2-8-21-12-15/h2-5,8,11-12H,6-7,9-10,13H2,1H3,(H,23,24). The van der Waals surface area contributed by atoms with Crippen LogP contribution in [0.2, 0.25) is 0 Å². The minimum absolute atomic E-state index is 0.00288. The van der Waals surface area contributed by atoms with Gasteiger partial charge in [0.15, 0.2) is 11.6 Å². The van der Waals surface area contributed by atoms with E-state index in [-0.39, 0.29) is 5.75 Å². The lowest BCUT2D eigenvalue weighted by Crippen LogP contribution is -2.53. The summed E-state index contributed by atoms with van der Waals surface area (Å²) in [6, 6.07) is 8.35. The van der Waals surface area contributed by atoms with E-state index < -0.39 is 17.4 Å². The van der Waals surface area contributed by atoms with Gasteiger partial charge in [0.2, 0.25) is 5.60 Å². The number of likely N-dealkylation sites (tertiary alicyclic amines) is 1. The largest absolute Gasteiger partial charge is 0.478 e. The number of hydrogen-bond donors (Lipinski definition) is 1. The highest BCUT2D eigenvalue weighted by molar-refractivity contribution is 5.78. The number of ether oxygens (including phenoxy) is 1. The van der Waals surface area contributed by atoms with Gasteiger partial charge >= 0.3 is 5.97 Å². The first-order chi connectivity index (χ1) is 12.0. The van der Waals surface area contributed by atoms with Crippen molar-refractivity contribution in [3.8, 4) is 5.75 Å². The number of carbonyl (C=O) groups is 1. The van der Waals surface area contributed by atoms with E-state index in [0.717, 1.165) is 11.1 Å². The molecule has 0 bridgehead atoms. The Labute approximate surface area is 146 Å². The molecule has 1 fully saturated rings. The van der Waals surface area contributed by atoms with Crippen LogP contribution in [0.1, 0.15) is 24.0 Å². The Morgan fingerprint density at radius 3 is 2.76 bits per heavy atom. The first-order valence-electron chi connectivity index (χ1n) is 8.28. The topological polar surface area (TPSA) is 62.7 Å². The molecule has 0 saturated carbocycles. The first-order valence-corrected chi connectivity index (χ1v) is 8.28. The van der Waals surface area contributed by atoms with E-state index in [9.17, 15) is 14.3 Å². The van der Waals surface area contributed by atoms with Crippen molar-refractivity contribution >= 4 is 5.97 Å². The summed E-state index contributed by atoms with van der Waals surface area (Å²) in [5, 5.41) is 9.71. The summed E-state index contributed by atoms with van der Waals surface area (Å²) in [5.41, 5.74) is 0.516. The third-order valence-electron chi connectivity index (χ3n) is 4.57. The van der Waals surface area contributed by atoms with Crippen molar-refractivity contribution in [1.82, 2.24) is 9.88 Å². The summed E-state index contributed by atoms with van der Waals surface area (Å²) < 4.78 is 19.7. The Balaban J connectivity index is 1.71. The van der Waals surface area contributed by atoms with E-state index in [1.165, 1.54) is 6.07 Å². The van der Waals surface area contributed by atoms with Crippen molar-refractivity contribution in [2.45, 2.75) is 31.9 Å². The molecule has 0 spiro atoms. The number of halogens is 1. The molecule has 5 nitrogen and oxygen atoms in total. The zero-order valence-corrected chi connectivity index (χ0v) is 14.1. The number of carboxylic acid groups (broad SMARTS) is 1. The quantitative estimate of drug-likeness (QED) is 0.903. The first kappa shape index (κ1) is 17.4. The number of aromatic nitrogens is 1. The van der Waals surface area contributed by atoms with Crippen LogP contribution in [0.4, 0.5) is 4.39 Å². The molecule has 2 aromatic rings. The van der Waals surface area contributed by atoms with Gasteiger partial charge in [-0.05, 0) is 36.2 Å². The second kappa shape index (κ2) is 7.19. The maximum Gasteiger partial charge on any atom is 0.348 e. The van der Waals surface area contributed by atoms with Gasteiger partial charge in [0.1, 0.15) is 0 Å². The van der Waals surface area contributed by atoms with Gasteiger partial charge < -0.3 is 9.84 Å². The van der Waals surface area contributed by atoms with Crippen LogP contribution in [0, 0.1) is 12.7 Å². The average Bonchev–Trinajstić information content (AvgIpc) is 2.61. The molecule has 25 heavy (non-hydrogen) atoms. The predicted molar refractivity (Wildman–Crippen MR) is 90.9 cm³/mol. The monoisotopic (exact) mass is 344 g/mol. The van der Waals surface area contributed by atoms with E-state index >= 15 is 0 Å². The molecule has 1 N–H and O–H groups in total. The third-order valence-corrected chi connectivity index (χ3v) is 4.57. The van der Waals surface area contributed by atoms with Crippen LogP contribution in [0.5, 0.6) is 5.75 Å². The fraction of sp³-hybridized carbons (Fsp3) is 0.368.